The topological polar surface area (TPSA) is 125 Å². The molecule has 0 bridgehead atoms. The minimum Gasteiger partial charge on any atom is -0.478 e. The molecule has 0 aliphatic carbocycles. The van der Waals surface area contributed by atoms with Gasteiger partial charge in [-0.2, -0.15) is 13.2 Å². The minimum absolute atomic E-state index is 0. The number of anilines is 4. The predicted molar refractivity (Wildman–Crippen MR) is 120 cm³/mol. The van der Waals surface area contributed by atoms with E-state index in [2.05, 4.69) is 10.6 Å². The monoisotopic (exact) mass is 481 g/mol. The molecule has 0 unspecified atom stereocenters. The molecular formula is C22H19ClF3N3O4. The molecule has 0 fully saturated rings. The highest BCUT2D eigenvalue weighted by Crippen LogP contribution is 2.37. The molecule has 0 aliphatic rings. The number of alkyl halides is 3. The lowest BCUT2D eigenvalue weighted by molar-refractivity contribution is -0.137. The van der Waals surface area contributed by atoms with Crippen molar-refractivity contribution in [1.82, 2.24) is 0 Å². The number of carboxylic acids is 2. The van der Waals surface area contributed by atoms with E-state index in [0.29, 0.717) is 5.56 Å². The average Bonchev–Trinajstić information content (AvgIpc) is 2.74. The molecule has 0 aliphatic heterocycles. The fourth-order valence-corrected chi connectivity index (χ4v) is 3.01. The summed E-state index contributed by atoms with van der Waals surface area (Å²) in [6.45, 7) is 0.111. The third-order valence-corrected chi connectivity index (χ3v) is 4.59. The van der Waals surface area contributed by atoms with Crippen molar-refractivity contribution in [3.8, 4) is 0 Å². The molecule has 3 aromatic rings. The first-order valence-corrected chi connectivity index (χ1v) is 9.24. The van der Waals surface area contributed by atoms with Gasteiger partial charge in [0.25, 0.3) is 0 Å². The van der Waals surface area contributed by atoms with E-state index in [-0.39, 0.29) is 52.8 Å². The fourth-order valence-electron chi connectivity index (χ4n) is 3.01. The Morgan fingerprint density at radius 3 is 1.97 bits per heavy atom. The summed E-state index contributed by atoms with van der Waals surface area (Å²) >= 11 is 0. The van der Waals surface area contributed by atoms with Gasteiger partial charge >= 0.3 is 18.1 Å². The van der Waals surface area contributed by atoms with Gasteiger partial charge < -0.3 is 26.6 Å². The van der Waals surface area contributed by atoms with Gasteiger partial charge in [0.1, 0.15) is 0 Å². The molecular weight excluding hydrogens is 463 g/mol. The molecule has 7 nitrogen and oxygen atoms in total. The van der Waals surface area contributed by atoms with Crippen LogP contribution in [0.15, 0.2) is 60.7 Å². The lowest BCUT2D eigenvalue weighted by atomic mass is 10.1. The number of aromatic carboxylic acids is 2. The summed E-state index contributed by atoms with van der Waals surface area (Å²) in [6.07, 6.45) is -4.64. The normalized spacial score (nSPS) is 10.8. The smallest absolute Gasteiger partial charge is 0.416 e. The number of para-hydroxylation sites is 1. The highest BCUT2D eigenvalue weighted by Gasteiger charge is 2.31. The second-order valence-corrected chi connectivity index (χ2v) is 6.75. The fraction of sp³-hybridized carbons (Fsp3) is 0.0909. The SMILES string of the molecule is Cl.NCc1ccc(Nc2ccc(C(F)(F)F)cc2Nc2ccccc2C(=O)O)c(C(=O)O)c1. The second kappa shape index (κ2) is 10.2. The Kier molecular flexibility index (Phi) is 7.91. The van der Waals surface area contributed by atoms with Crippen molar-refractivity contribution in [2.24, 2.45) is 5.73 Å². The van der Waals surface area contributed by atoms with Gasteiger partial charge in [-0.25, -0.2) is 9.59 Å². The van der Waals surface area contributed by atoms with E-state index in [1.54, 1.807) is 6.07 Å². The summed E-state index contributed by atoms with van der Waals surface area (Å²) in [7, 11) is 0. The Morgan fingerprint density at radius 2 is 1.36 bits per heavy atom. The zero-order valence-electron chi connectivity index (χ0n) is 16.8. The molecule has 0 atom stereocenters. The first kappa shape index (κ1) is 25.5. The molecule has 0 spiro atoms. The minimum atomic E-state index is -4.64. The van der Waals surface area contributed by atoms with Gasteiger partial charge in [0, 0.05) is 6.54 Å². The Bertz CT molecular complexity index is 1190. The molecule has 33 heavy (non-hydrogen) atoms. The molecule has 0 saturated heterocycles. The maximum Gasteiger partial charge on any atom is 0.416 e. The lowest BCUT2D eigenvalue weighted by Crippen LogP contribution is -2.10. The summed E-state index contributed by atoms with van der Waals surface area (Å²) in [6, 6.07) is 12.9. The van der Waals surface area contributed by atoms with Crippen LogP contribution >= 0.6 is 12.4 Å². The van der Waals surface area contributed by atoms with E-state index < -0.39 is 23.7 Å². The van der Waals surface area contributed by atoms with E-state index >= 15 is 0 Å². The number of hydrogen-bond acceptors (Lipinski definition) is 5. The summed E-state index contributed by atoms with van der Waals surface area (Å²) in [5.74, 6) is -2.51. The summed E-state index contributed by atoms with van der Waals surface area (Å²) in [5.41, 5.74) is 5.11. The van der Waals surface area contributed by atoms with Gasteiger partial charge in [-0.05, 0) is 48.0 Å². The van der Waals surface area contributed by atoms with Crippen molar-refractivity contribution in [2.75, 3.05) is 10.6 Å². The maximum absolute atomic E-state index is 13.3. The number of carbonyl (C=O) groups is 2. The third-order valence-electron chi connectivity index (χ3n) is 4.59. The van der Waals surface area contributed by atoms with Crippen LogP contribution in [0.4, 0.5) is 35.9 Å². The summed E-state index contributed by atoms with van der Waals surface area (Å²) in [4.78, 5) is 23.1. The van der Waals surface area contributed by atoms with E-state index in [4.69, 9.17) is 5.73 Å². The van der Waals surface area contributed by atoms with Gasteiger partial charge in [0.05, 0.1) is 39.4 Å². The van der Waals surface area contributed by atoms with Crippen molar-refractivity contribution in [2.45, 2.75) is 12.7 Å². The van der Waals surface area contributed by atoms with Crippen LogP contribution in [-0.2, 0) is 12.7 Å². The van der Waals surface area contributed by atoms with Crippen LogP contribution in [0, 0.1) is 0 Å². The van der Waals surface area contributed by atoms with Gasteiger partial charge in [0.2, 0.25) is 0 Å². The van der Waals surface area contributed by atoms with E-state index in [0.717, 1.165) is 18.2 Å². The van der Waals surface area contributed by atoms with Crippen LogP contribution in [0.2, 0.25) is 0 Å². The van der Waals surface area contributed by atoms with E-state index in [9.17, 15) is 33.0 Å². The van der Waals surface area contributed by atoms with Crippen LogP contribution in [0.25, 0.3) is 0 Å². The lowest BCUT2D eigenvalue weighted by Gasteiger charge is -2.18. The van der Waals surface area contributed by atoms with Crippen molar-refractivity contribution in [1.29, 1.82) is 0 Å². The van der Waals surface area contributed by atoms with Gasteiger partial charge in [-0.3, -0.25) is 0 Å². The molecule has 0 heterocycles. The number of benzene rings is 3. The van der Waals surface area contributed by atoms with Crippen LogP contribution in [0.1, 0.15) is 31.8 Å². The van der Waals surface area contributed by atoms with Crippen molar-refractivity contribution >= 4 is 47.1 Å². The van der Waals surface area contributed by atoms with E-state index in [1.165, 1.54) is 36.4 Å². The molecule has 174 valence electrons. The molecule has 0 aromatic heterocycles. The van der Waals surface area contributed by atoms with Crippen LogP contribution in [-0.4, -0.2) is 22.2 Å². The highest BCUT2D eigenvalue weighted by atomic mass is 35.5. The van der Waals surface area contributed by atoms with Crippen molar-refractivity contribution in [3.63, 3.8) is 0 Å². The molecule has 0 radical (unpaired) electrons. The van der Waals surface area contributed by atoms with Crippen LogP contribution < -0.4 is 16.4 Å². The Balaban J connectivity index is 0.00000385. The molecule has 6 N–H and O–H groups in total. The first-order valence-electron chi connectivity index (χ1n) is 9.24. The zero-order chi connectivity index (χ0) is 23.5. The number of halogens is 4. The standard InChI is InChI=1S/C22H18F3N3O4.ClH/c23-22(24,25)13-6-8-18(27-17-7-5-12(11-26)9-15(17)21(31)32)19(10-13)28-16-4-2-1-3-14(16)20(29)30;/h1-10,27-28H,11,26H2,(H,29,30)(H,31,32);1H. The number of hydrogen-bond donors (Lipinski definition) is 5. The summed E-state index contributed by atoms with van der Waals surface area (Å²) in [5, 5.41) is 24.4. The molecule has 3 rings (SSSR count). The first-order chi connectivity index (χ1) is 15.1. The largest absolute Gasteiger partial charge is 0.478 e. The van der Waals surface area contributed by atoms with Crippen molar-refractivity contribution in [3.05, 3.63) is 82.9 Å². The molecule has 3 aromatic carbocycles. The number of rotatable bonds is 7. The second-order valence-electron chi connectivity index (χ2n) is 6.75. The number of nitrogens with two attached hydrogens (primary N) is 1. The quantitative estimate of drug-likeness (QED) is 0.303. The number of carboxylic acid groups (broad SMARTS) is 2. The predicted octanol–water partition coefficient (Wildman–Crippen LogP) is 5.47. The molecule has 11 heteroatoms. The maximum atomic E-state index is 13.3. The van der Waals surface area contributed by atoms with Crippen molar-refractivity contribution < 1.29 is 33.0 Å². The number of nitrogens with one attached hydrogen (secondary N) is 2. The van der Waals surface area contributed by atoms with E-state index in [1.807, 2.05) is 0 Å². The Morgan fingerprint density at radius 1 is 0.788 bits per heavy atom. The highest BCUT2D eigenvalue weighted by molar-refractivity contribution is 5.98. The van der Waals surface area contributed by atoms with Crippen LogP contribution in [0.5, 0.6) is 0 Å². The van der Waals surface area contributed by atoms with Gasteiger partial charge in [0.15, 0.2) is 0 Å². The third kappa shape index (κ3) is 5.93. The Hall–Kier alpha value is -3.76. The summed E-state index contributed by atoms with van der Waals surface area (Å²) < 4.78 is 39.9. The average molecular weight is 482 g/mol. The Labute approximate surface area is 192 Å². The van der Waals surface area contributed by atoms with Crippen LogP contribution in [0.3, 0.4) is 0 Å². The van der Waals surface area contributed by atoms with Gasteiger partial charge in [-0.1, -0.05) is 18.2 Å². The molecule has 0 amide bonds. The van der Waals surface area contributed by atoms with Gasteiger partial charge in [-0.15, -0.1) is 12.4 Å². The zero-order valence-corrected chi connectivity index (χ0v) is 17.6. The molecule has 0 saturated carbocycles.